The second-order valence-electron chi connectivity index (χ2n) is 5.88. The van der Waals surface area contributed by atoms with Crippen LogP contribution in [0.2, 0.25) is 0 Å². The van der Waals surface area contributed by atoms with Crippen LogP contribution >= 0.6 is 0 Å². The zero-order valence-electron chi connectivity index (χ0n) is 12.6. The fourth-order valence-electron chi connectivity index (χ4n) is 2.02. The van der Waals surface area contributed by atoms with Gasteiger partial charge >= 0.3 is 0 Å². The van der Waals surface area contributed by atoms with Gasteiger partial charge < -0.3 is 14.6 Å². The number of imidazole rings is 1. The van der Waals surface area contributed by atoms with E-state index < -0.39 is 0 Å². The predicted octanol–water partition coefficient (Wildman–Crippen LogP) is 2.07. The molecule has 2 rings (SSSR count). The van der Waals surface area contributed by atoms with Gasteiger partial charge in [0.1, 0.15) is 5.65 Å². The molecule has 2 heterocycles. The molecule has 0 radical (unpaired) electrons. The van der Waals surface area contributed by atoms with E-state index in [9.17, 15) is 0 Å². The zero-order valence-corrected chi connectivity index (χ0v) is 12.6. The molecule has 104 valence electrons. The molecule has 19 heavy (non-hydrogen) atoms. The normalized spacial score (nSPS) is 12.5. The van der Waals surface area contributed by atoms with Gasteiger partial charge in [0.25, 0.3) is 0 Å². The highest BCUT2D eigenvalue weighted by atomic mass is 15.2. The molecular formula is C15H24N4. The van der Waals surface area contributed by atoms with E-state index in [-0.39, 0.29) is 5.54 Å². The summed E-state index contributed by atoms with van der Waals surface area (Å²) < 4.78 is 2.16. The molecule has 0 saturated carbocycles. The Kier molecular flexibility index (Phi) is 3.92. The minimum Gasteiger partial charge on any atom is -0.309 e. The van der Waals surface area contributed by atoms with E-state index in [0.29, 0.717) is 0 Å². The number of nitrogens with one attached hydrogen (secondary N) is 1. The van der Waals surface area contributed by atoms with Crippen molar-refractivity contribution >= 4 is 5.65 Å². The lowest BCUT2D eigenvalue weighted by molar-refractivity contribution is 0.189. The fourth-order valence-corrected chi connectivity index (χ4v) is 2.02. The molecule has 4 nitrogen and oxygen atoms in total. The third kappa shape index (κ3) is 2.96. The summed E-state index contributed by atoms with van der Waals surface area (Å²) in [4.78, 5) is 6.81. The molecule has 2 aromatic rings. The van der Waals surface area contributed by atoms with Gasteiger partial charge in [-0.05, 0) is 47.0 Å². The standard InChI is InChI=1S/C15H24N4/c1-12-13(10-16-11-15(2,3)18(4)5)19-9-7-6-8-14(19)17-12/h6-9,16H,10-11H2,1-5H3. The maximum atomic E-state index is 4.58. The summed E-state index contributed by atoms with van der Waals surface area (Å²) in [6.45, 7) is 8.33. The van der Waals surface area contributed by atoms with Crippen molar-refractivity contribution in [3.63, 3.8) is 0 Å². The van der Waals surface area contributed by atoms with E-state index in [1.807, 2.05) is 18.2 Å². The molecule has 0 atom stereocenters. The molecule has 0 aliphatic heterocycles. The number of nitrogens with zero attached hydrogens (tertiary/aromatic N) is 3. The topological polar surface area (TPSA) is 32.6 Å². The average Bonchev–Trinajstić information content (AvgIpc) is 2.65. The maximum absolute atomic E-state index is 4.58. The largest absolute Gasteiger partial charge is 0.309 e. The zero-order chi connectivity index (χ0) is 14.0. The highest BCUT2D eigenvalue weighted by Crippen LogP contribution is 2.12. The molecule has 4 heteroatoms. The summed E-state index contributed by atoms with van der Waals surface area (Å²) in [7, 11) is 4.22. The number of aryl methyl sites for hydroxylation is 1. The van der Waals surface area contributed by atoms with Crippen molar-refractivity contribution in [2.45, 2.75) is 32.9 Å². The molecule has 0 fully saturated rings. The number of likely N-dealkylation sites (N-methyl/N-ethyl adjacent to an activating group) is 1. The summed E-state index contributed by atoms with van der Waals surface area (Å²) in [6.07, 6.45) is 2.07. The van der Waals surface area contributed by atoms with Crippen molar-refractivity contribution in [1.29, 1.82) is 0 Å². The summed E-state index contributed by atoms with van der Waals surface area (Å²) in [6, 6.07) is 6.11. The van der Waals surface area contributed by atoms with Crippen LogP contribution in [-0.2, 0) is 6.54 Å². The number of aromatic nitrogens is 2. The van der Waals surface area contributed by atoms with Crippen LogP contribution in [0.15, 0.2) is 24.4 Å². The second-order valence-corrected chi connectivity index (χ2v) is 5.88. The van der Waals surface area contributed by atoms with Crippen LogP contribution in [0.1, 0.15) is 25.2 Å². The van der Waals surface area contributed by atoms with Crippen LogP contribution in [-0.4, -0.2) is 40.5 Å². The molecule has 0 unspecified atom stereocenters. The average molecular weight is 260 g/mol. The Bertz CT molecular complexity index is 554. The van der Waals surface area contributed by atoms with Gasteiger partial charge in [0, 0.05) is 24.8 Å². The third-order valence-electron chi connectivity index (χ3n) is 3.89. The van der Waals surface area contributed by atoms with Crippen LogP contribution < -0.4 is 5.32 Å². The Morgan fingerprint density at radius 1 is 1.32 bits per heavy atom. The Morgan fingerprint density at radius 2 is 2.05 bits per heavy atom. The number of hydrogen-bond donors (Lipinski definition) is 1. The number of fused-ring (bicyclic) bond motifs is 1. The SMILES string of the molecule is Cc1nc2ccccn2c1CNCC(C)(C)N(C)C. The third-order valence-corrected chi connectivity index (χ3v) is 3.89. The molecule has 0 aliphatic rings. The molecule has 1 N–H and O–H groups in total. The Labute approximate surface area is 115 Å². The maximum Gasteiger partial charge on any atom is 0.137 e. The minimum absolute atomic E-state index is 0.147. The first-order chi connectivity index (χ1) is 8.92. The molecule has 0 amide bonds. The van der Waals surface area contributed by atoms with Crippen molar-refractivity contribution in [3.05, 3.63) is 35.8 Å². The summed E-state index contributed by atoms with van der Waals surface area (Å²) in [5, 5.41) is 3.54. The molecule has 0 aliphatic carbocycles. The predicted molar refractivity (Wildman–Crippen MR) is 79.4 cm³/mol. The van der Waals surface area contributed by atoms with Gasteiger partial charge in [-0.15, -0.1) is 0 Å². The second kappa shape index (κ2) is 5.31. The summed E-state index contributed by atoms with van der Waals surface area (Å²) in [5.41, 5.74) is 3.50. The summed E-state index contributed by atoms with van der Waals surface area (Å²) in [5.74, 6) is 0. The van der Waals surface area contributed by atoms with Crippen molar-refractivity contribution in [1.82, 2.24) is 19.6 Å². The Balaban J connectivity index is 2.08. The number of pyridine rings is 1. The first kappa shape index (κ1) is 14.0. The van der Waals surface area contributed by atoms with Crippen LogP contribution in [0, 0.1) is 6.92 Å². The molecule has 0 spiro atoms. The fraction of sp³-hybridized carbons (Fsp3) is 0.533. The van der Waals surface area contributed by atoms with Crippen LogP contribution in [0.3, 0.4) is 0 Å². The Morgan fingerprint density at radius 3 is 2.74 bits per heavy atom. The monoisotopic (exact) mass is 260 g/mol. The van der Waals surface area contributed by atoms with Crippen molar-refractivity contribution in [2.24, 2.45) is 0 Å². The van der Waals surface area contributed by atoms with Gasteiger partial charge in [0.05, 0.1) is 11.4 Å². The van der Waals surface area contributed by atoms with Gasteiger partial charge in [0.15, 0.2) is 0 Å². The van der Waals surface area contributed by atoms with E-state index in [4.69, 9.17) is 0 Å². The van der Waals surface area contributed by atoms with Crippen LogP contribution in [0.5, 0.6) is 0 Å². The number of rotatable bonds is 5. The first-order valence-electron chi connectivity index (χ1n) is 6.72. The van der Waals surface area contributed by atoms with Crippen molar-refractivity contribution in [2.75, 3.05) is 20.6 Å². The van der Waals surface area contributed by atoms with E-state index in [1.165, 1.54) is 5.69 Å². The molecule has 0 saturated heterocycles. The minimum atomic E-state index is 0.147. The number of hydrogen-bond acceptors (Lipinski definition) is 3. The van der Waals surface area contributed by atoms with E-state index in [2.05, 4.69) is 60.7 Å². The van der Waals surface area contributed by atoms with Crippen molar-refractivity contribution in [3.8, 4) is 0 Å². The summed E-state index contributed by atoms with van der Waals surface area (Å²) >= 11 is 0. The van der Waals surface area contributed by atoms with Gasteiger partial charge in [-0.3, -0.25) is 0 Å². The van der Waals surface area contributed by atoms with Crippen LogP contribution in [0.25, 0.3) is 5.65 Å². The highest BCUT2D eigenvalue weighted by molar-refractivity contribution is 5.42. The molecule has 0 aromatic carbocycles. The van der Waals surface area contributed by atoms with Crippen LogP contribution in [0.4, 0.5) is 0 Å². The van der Waals surface area contributed by atoms with Gasteiger partial charge in [-0.25, -0.2) is 4.98 Å². The lowest BCUT2D eigenvalue weighted by Crippen LogP contribution is -2.46. The van der Waals surface area contributed by atoms with Gasteiger partial charge in [-0.1, -0.05) is 6.07 Å². The highest BCUT2D eigenvalue weighted by Gasteiger charge is 2.20. The van der Waals surface area contributed by atoms with Gasteiger partial charge in [0.2, 0.25) is 0 Å². The van der Waals surface area contributed by atoms with Crippen molar-refractivity contribution < 1.29 is 0 Å². The Hall–Kier alpha value is -1.39. The van der Waals surface area contributed by atoms with Gasteiger partial charge in [-0.2, -0.15) is 0 Å². The molecular weight excluding hydrogens is 236 g/mol. The lowest BCUT2D eigenvalue weighted by atomic mass is 10.0. The smallest absolute Gasteiger partial charge is 0.137 e. The molecule has 0 bridgehead atoms. The molecule has 2 aromatic heterocycles. The van der Waals surface area contributed by atoms with E-state index >= 15 is 0 Å². The first-order valence-corrected chi connectivity index (χ1v) is 6.72. The van der Waals surface area contributed by atoms with E-state index in [0.717, 1.165) is 24.4 Å². The quantitative estimate of drug-likeness (QED) is 0.893. The van der Waals surface area contributed by atoms with E-state index in [1.54, 1.807) is 0 Å². The lowest BCUT2D eigenvalue weighted by Gasteiger charge is -2.32.